The molecule has 0 aliphatic carbocycles. The van der Waals surface area contributed by atoms with E-state index < -0.39 is 12.1 Å². The third-order valence-corrected chi connectivity index (χ3v) is 2.01. The van der Waals surface area contributed by atoms with E-state index in [2.05, 4.69) is 5.32 Å². The number of anilines is 1. The van der Waals surface area contributed by atoms with Crippen molar-refractivity contribution in [1.29, 1.82) is 0 Å². The molecule has 0 saturated carbocycles. The minimum Gasteiger partial charge on any atom is -0.478 e. The van der Waals surface area contributed by atoms with Crippen LogP contribution in [0.3, 0.4) is 0 Å². The number of benzene rings is 1. The van der Waals surface area contributed by atoms with Gasteiger partial charge in [-0.15, -0.1) is 0 Å². The van der Waals surface area contributed by atoms with Gasteiger partial charge >= 0.3 is 5.97 Å². The topological polar surface area (TPSA) is 78.8 Å². The van der Waals surface area contributed by atoms with Crippen LogP contribution < -0.4 is 5.32 Å². The maximum atomic E-state index is 10.7. The molecule has 5 heteroatoms. The number of aromatic carboxylic acids is 1. The molecule has 0 amide bonds. The van der Waals surface area contributed by atoms with E-state index in [1.165, 1.54) is 19.2 Å². The van der Waals surface area contributed by atoms with Gasteiger partial charge in [-0.3, -0.25) is 0 Å². The van der Waals surface area contributed by atoms with Crippen LogP contribution in [0.2, 0.25) is 0 Å². The van der Waals surface area contributed by atoms with Crippen molar-refractivity contribution in [3.8, 4) is 0 Å². The van der Waals surface area contributed by atoms with E-state index >= 15 is 0 Å². The van der Waals surface area contributed by atoms with E-state index in [1.807, 2.05) is 0 Å². The molecule has 88 valence electrons. The minimum atomic E-state index is -0.971. The third-order valence-electron chi connectivity index (χ3n) is 2.01. The fourth-order valence-electron chi connectivity index (χ4n) is 1.25. The average molecular weight is 225 g/mol. The van der Waals surface area contributed by atoms with Gasteiger partial charge in [-0.25, -0.2) is 4.79 Å². The van der Waals surface area contributed by atoms with Gasteiger partial charge < -0.3 is 20.3 Å². The zero-order chi connectivity index (χ0) is 12.0. The van der Waals surface area contributed by atoms with Gasteiger partial charge in [0.25, 0.3) is 0 Å². The van der Waals surface area contributed by atoms with Gasteiger partial charge in [0.15, 0.2) is 0 Å². The number of hydrogen-bond acceptors (Lipinski definition) is 4. The van der Waals surface area contributed by atoms with Gasteiger partial charge in [-0.05, 0) is 18.2 Å². The van der Waals surface area contributed by atoms with Crippen LogP contribution in [0, 0.1) is 0 Å². The Labute approximate surface area is 93.7 Å². The normalized spacial score (nSPS) is 12.1. The van der Waals surface area contributed by atoms with Crippen molar-refractivity contribution < 1.29 is 19.7 Å². The maximum Gasteiger partial charge on any atom is 0.335 e. The van der Waals surface area contributed by atoms with Gasteiger partial charge in [0.05, 0.1) is 18.3 Å². The van der Waals surface area contributed by atoms with Gasteiger partial charge in [0.2, 0.25) is 0 Å². The Morgan fingerprint density at radius 1 is 1.56 bits per heavy atom. The average Bonchev–Trinajstić information content (AvgIpc) is 2.27. The number of methoxy groups -OCH3 is 1. The molecule has 1 aromatic rings. The quantitative estimate of drug-likeness (QED) is 0.667. The highest BCUT2D eigenvalue weighted by Gasteiger charge is 2.05. The summed E-state index contributed by atoms with van der Waals surface area (Å²) in [6.45, 7) is 0.558. The van der Waals surface area contributed by atoms with Crippen molar-refractivity contribution in [2.24, 2.45) is 0 Å². The first-order valence-corrected chi connectivity index (χ1v) is 4.87. The molecule has 1 rings (SSSR count). The Morgan fingerprint density at radius 3 is 2.94 bits per heavy atom. The smallest absolute Gasteiger partial charge is 0.335 e. The van der Waals surface area contributed by atoms with Crippen molar-refractivity contribution in [3.63, 3.8) is 0 Å². The summed E-state index contributed by atoms with van der Waals surface area (Å²) in [6.07, 6.45) is -0.613. The number of carboxylic acid groups (broad SMARTS) is 1. The zero-order valence-electron chi connectivity index (χ0n) is 9.01. The first-order chi connectivity index (χ1) is 7.63. The monoisotopic (exact) mass is 225 g/mol. The minimum absolute atomic E-state index is 0.214. The Balaban J connectivity index is 2.54. The molecule has 5 nitrogen and oxygen atoms in total. The molecule has 0 saturated heterocycles. The molecule has 0 fully saturated rings. The second-order valence-corrected chi connectivity index (χ2v) is 3.38. The first kappa shape index (κ1) is 12.5. The maximum absolute atomic E-state index is 10.7. The number of carboxylic acids is 1. The van der Waals surface area contributed by atoms with Gasteiger partial charge in [-0.1, -0.05) is 6.07 Å². The number of ether oxygens (including phenoxy) is 1. The van der Waals surface area contributed by atoms with E-state index in [1.54, 1.807) is 12.1 Å². The number of aliphatic hydroxyl groups is 1. The van der Waals surface area contributed by atoms with E-state index in [0.29, 0.717) is 12.2 Å². The Bertz CT molecular complexity index is 354. The molecule has 0 heterocycles. The van der Waals surface area contributed by atoms with Crippen LogP contribution in [0.1, 0.15) is 10.4 Å². The molecule has 16 heavy (non-hydrogen) atoms. The molecular formula is C11H15NO4. The van der Waals surface area contributed by atoms with E-state index in [9.17, 15) is 9.90 Å². The molecule has 0 spiro atoms. The molecule has 0 aromatic heterocycles. The van der Waals surface area contributed by atoms with Crippen LogP contribution in [0.5, 0.6) is 0 Å². The summed E-state index contributed by atoms with van der Waals surface area (Å²) in [5.74, 6) is -0.971. The molecule has 1 unspecified atom stereocenters. The molecule has 0 aliphatic heterocycles. The van der Waals surface area contributed by atoms with Crippen LogP contribution >= 0.6 is 0 Å². The van der Waals surface area contributed by atoms with Gasteiger partial charge in [0.1, 0.15) is 0 Å². The van der Waals surface area contributed by atoms with E-state index in [0.717, 1.165) is 0 Å². The number of hydrogen-bond donors (Lipinski definition) is 3. The molecule has 3 N–H and O–H groups in total. The Kier molecular flexibility index (Phi) is 4.75. The fourth-order valence-corrected chi connectivity index (χ4v) is 1.25. The molecule has 1 aromatic carbocycles. The van der Waals surface area contributed by atoms with E-state index in [4.69, 9.17) is 9.84 Å². The molecule has 0 bridgehead atoms. The van der Waals surface area contributed by atoms with Crippen molar-refractivity contribution >= 4 is 11.7 Å². The van der Waals surface area contributed by atoms with Crippen LogP contribution in [-0.2, 0) is 4.74 Å². The lowest BCUT2D eigenvalue weighted by molar-refractivity contribution is 0.0697. The zero-order valence-corrected chi connectivity index (χ0v) is 9.01. The largest absolute Gasteiger partial charge is 0.478 e. The molecular weight excluding hydrogens is 210 g/mol. The number of rotatable bonds is 6. The molecule has 1 atom stereocenters. The van der Waals surface area contributed by atoms with Crippen LogP contribution in [-0.4, -0.2) is 42.5 Å². The van der Waals surface area contributed by atoms with Crippen LogP contribution in [0.25, 0.3) is 0 Å². The van der Waals surface area contributed by atoms with Crippen molar-refractivity contribution in [1.82, 2.24) is 0 Å². The fraction of sp³-hybridized carbons (Fsp3) is 0.364. The summed E-state index contributed by atoms with van der Waals surface area (Å²) in [6, 6.07) is 6.42. The summed E-state index contributed by atoms with van der Waals surface area (Å²) in [5.41, 5.74) is 0.876. The highest BCUT2D eigenvalue weighted by atomic mass is 16.5. The summed E-state index contributed by atoms with van der Waals surface area (Å²) in [7, 11) is 1.51. The highest BCUT2D eigenvalue weighted by molar-refractivity contribution is 5.88. The lowest BCUT2D eigenvalue weighted by Crippen LogP contribution is -2.24. The third kappa shape index (κ3) is 3.88. The molecule has 0 aliphatic rings. The SMILES string of the molecule is COCC(O)CNc1cccc(C(=O)O)c1. The first-order valence-electron chi connectivity index (χ1n) is 4.87. The summed E-state index contributed by atoms with van der Waals surface area (Å²) in [5, 5.41) is 21.1. The molecule has 0 radical (unpaired) electrons. The van der Waals surface area contributed by atoms with Crippen molar-refractivity contribution in [3.05, 3.63) is 29.8 Å². The van der Waals surface area contributed by atoms with Crippen molar-refractivity contribution in [2.45, 2.75) is 6.10 Å². The second-order valence-electron chi connectivity index (χ2n) is 3.38. The van der Waals surface area contributed by atoms with Crippen molar-refractivity contribution in [2.75, 3.05) is 25.6 Å². The lowest BCUT2D eigenvalue weighted by Gasteiger charge is -2.11. The lowest BCUT2D eigenvalue weighted by atomic mass is 10.2. The Hall–Kier alpha value is -1.59. The van der Waals surface area contributed by atoms with Crippen LogP contribution in [0.4, 0.5) is 5.69 Å². The van der Waals surface area contributed by atoms with E-state index in [-0.39, 0.29) is 12.2 Å². The number of nitrogens with one attached hydrogen (secondary N) is 1. The Morgan fingerprint density at radius 2 is 2.31 bits per heavy atom. The summed E-state index contributed by atoms with van der Waals surface area (Å²) < 4.78 is 4.77. The van der Waals surface area contributed by atoms with Crippen LogP contribution in [0.15, 0.2) is 24.3 Å². The number of aliphatic hydroxyl groups excluding tert-OH is 1. The summed E-state index contributed by atoms with van der Waals surface area (Å²) >= 11 is 0. The number of carbonyl (C=O) groups is 1. The summed E-state index contributed by atoms with van der Waals surface area (Å²) in [4.78, 5) is 10.7. The predicted octanol–water partition coefficient (Wildman–Crippen LogP) is 0.804. The highest BCUT2D eigenvalue weighted by Crippen LogP contribution is 2.10. The second kappa shape index (κ2) is 6.09. The van der Waals surface area contributed by atoms with Gasteiger partial charge in [0, 0.05) is 19.3 Å². The van der Waals surface area contributed by atoms with Gasteiger partial charge in [-0.2, -0.15) is 0 Å². The predicted molar refractivity (Wildman–Crippen MR) is 59.8 cm³/mol. The standard InChI is InChI=1S/C11H15NO4/c1-16-7-10(13)6-12-9-4-2-3-8(5-9)11(14)15/h2-5,10,12-13H,6-7H2,1H3,(H,14,15).